The second-order valence-electron chi connectivity index (χ2n) is 1.22. The van der Waals surface area contributed by atoms with Crippen LogP contribution < -0.4 is 5.32 Å². The van der Waals surface area contributed by atoms with Crippen LogP contribution in [0.4, 0.5) is 5.82 Å². The highest BCUT2D eigenvalue weighted by atomic mass is 32.1. The van der Waals surface area contributed by atoms with Gasteiger partial charge in [0.1, 0.15) is 0 Å². The molecule has 0 bridgehead atoms. The minimum atomic E-state index is 0.750. The maximum Gasteiger partial charge on any atom is 0.152 e. The molecule has 0 saturated carbocycles. The van der Waals surface area contributed by atoms with Gasteiger partial charge in [-0.25, -0.2) is 0 Å². The molecule has 0 aliphatic rings. The van der Waals surface area contributed by atoms with Crippen LogP contribution in [0.2, 0.25) is 0 Å². The fourth-order valence-corrected chi connectivity index (χ4v) is 0.522. The summed E-state index contributed by atoms with van der Waals surface area (Å²) in [5, 5.41) is 9.14. The second-order valence-corrected chi connectivity index (χ2v) is 1.46. The van der Waals surface area contributed by atoms with E-state index in [-0.39, 0.29) is 0 Å². The Morgan fingerprint density at radius 2 is 2.75 bits per heavy atom. The lowest BCUT2D eigenvalue weighted by atomic mass is 10.6. The van der Waals surface area contributed by atoms with Crippen molar-refractivity contribution in [3.05, 3.63) is 12.3 Å². The Morgan fingerprint density at radius 1 is 1.88 bits per heavy atom. The van der Waals surface area contributed by atoms with Crippen molar-refractivity contribution in [2.24, 2.45) is 0 Å². The second kappa shape index (κ2) is 2.42. The lowest BCUT2D eigenvalue weighted by Crippen LogP contribution is -1.90. The number of rotatable bonds is 2. The van der Waals surface area contributed by atoms with E-state index in [1.54, 1.807) is 12.3 Å². The summed E-state index contributed by atoms with van der Waals surface area (Å²) in [5.74, 6) is 0.750. The molecule has 0 amide bonds. The first-order valence-corrected chi connectivity index (χ1v) is 2.60. The molecule has 1 aromatic heterocycles. The van der Waals surface area contributed by atoms with E-state index < -0.39 is 0 Å². The molecule has 3 nitrogen and oxygen atoms in total. The molecule has 1 rings (SSSR count). The summed E-state index contributed by atoms with van der Waals surface area (Å²) >= 11 is 4.51. The van der Waals surface area contributed by atoms with Crippen LogP contribution in [0.25, 0.3) is 0 Å². The van der Waals surface area contributed by atoms with Crippen LogP contribution in [-0.4, -0.2) is 15.7 Å². The smallest absolute Gasteiger partial charge is 0.152 e. The zero-order chi connectivity index (χ0) is 5.82. The quantitative estimate of drug-likeness (QED) is 0.577. The first-order valence-electron chi connectivity index (χ1n) is 2.13. The summed E-state index contributed by atoms with van der Waals surface area (Å²) in [6.07, 6.45) is 1.72. The number of aromatic amines is 1. The van der Waals surface area contributed by atoms with E-state index in [1.807, 2.05) is 0 Å². The molecule has 1 aromatic rings. The van der Waals surface area contributed by atoms with Crippen molar-refractivity contribution in [3.8, 4) is 0 Å². The molecule has 0 unspecified atom stereocenters. The van der Waals surface area contributed by atoms with E-state index >= 15 is 0 Å². The summed E-state index contributed by atoms with van der Waals surface area (Å²) in [6.45, 7) is 0. The molecule has 2 N–H and O–H groups in total. The van der Waals surface area contributed by atoms with E-state index in [4.69, 9.17) is 0 Å². The molecule has 1 heterocycles. The number of nitrogens with zero attached hydrogens (tertiary/aromatic N) is 1. The lowest BCUT2D eigenvalue weighted by Gasteiger charge is -1.85. The number of H-pyrrole nitrogens is 1. The molecule has 0 fully saturated rings. The first kappa shape index (κ1) is 5.24. The van der Waals surface area contributed by atoms with Crippen LogP contribution in [0.1, 0.15) is 0 Å². The van der Waals surface area contributed by atoms with Crippen molar-refractivity contribution in [1.82, 2.24) is 10.2 Å². The fraction of sp³-hybridized carbons (Fsp3) is 0. The number of nitrogens with one attached hydrogen (secondary N) is 2. The van der Waals surface area contributed by atoms with Crippen molar-refractivity contribution in [2.45, 2.75) is 0 Å². The first-order chi connectivity index (χ1) is 3.93. The molecule has 0 saturated heterocycles. The largest absolute Gasteiger partial charge is 0.336 e. The third-order valence-electron chi connectivity index (χ3n) is 0.708. The monoisotopic (exact) mass is 127 g/mol. The number of hydrogen-bond donors (Lipinski definition) is 2. The highest BCUT2D eigenvalue weighted by Gasteiger charge is 1.83. The summed E-state index contributed by atoms with van der Waals surface area (Å²) in [7, 11) is 0. The topological polar surface area (TPSA) is 40.7 Å². The van der Waals surface area contributed by atoms with Crippen molar-refractivity contribution in [2.75, 3.05) is 5.32 Å². The number of thiocarbonyl (C=S) groups is 1. The summed E-state index contributed by atoms with van der Waals surface area (Å²) < 4.78 is 0. The van der Waals surface area contributed by atoms with Crippen LogP contribution in [-0.2, 0) is 0 Å². The molecule has 42 valence electrons. The Kier molecular flexibility index (Phi) is 1.58. The summed E-state index contributed by atoms with van der Waals surface area (Å²) in [6, 6.07) is 1.79. The van der Waals surface area contributed by atoms with Crippen molar-refractivity contribution < 1.29 is 0 Å². The van der Waals surface area contributed by atoms with Gasteiger partial charge in [0.15, 0.2) is 5.82 Å². The number of aromatic nitrogens is 2. The van der Waals surface area contributed by atoms with E-state index in [2.05, 4.69) is 27.7 Å². The zero-order valence-electron chi connectivity index (χ0n) is 4.09. The average molecular weight is 127 g/mol. The molecule has 0 radical (unpaired) electrons. The van der Waals surface area contributed by atoms with Gasteiger partial charge in [0.05, 0.1) is 5.49 Å². The number of anilines is 1. The van der Waals surface area contributed by atoms with Gasteiger partial charge < -0.3 is 5.32 Å². The molecule has 0 atom stereocenters. The minimum Gasteiger partial charge on any atom is -0.336 e. The minimum absolute atomic E-state index is 0.750. The summed E-state index contributed by atoms with van der Waals surface area (Å²) in [5.41, 5.74) is 1.41. The third kappa shape index (κ3) is 1.04. The van der Waals surface area contributed by atoms with Gasteiger partial charge in [0.25, 0.3) is 0 Å². The van der Waals surface area contributed by atoms with Gasteiger partial charge in [-0.3, -0.25) is 5.10 Å². The Morgan fingerprint density at radius 3 is 3.25 bits per heavy atom. The third-order valence-corrected chi connectivity index (χ3v) is 0.825. The van der Waals surface area contributed by atoms with Crippen molar-refractivity contribution in [1.29, 1.82) is 0 Å². The Labute approximate surface area is 52.1 Å². The molecule has 0 aliphatic heterocycles. The maximum absolute atomic E-state index is 4.51. The van der Waals surface area contributed by atoms with Crippen LogP contribution in [0.15, 0.2) is 12.3 Å². The highest BCUT2D eigenvalue weighted by Crippen LogP contribution is 1.94. The SMILES string of the molecule is S=CNc1cc[nH]n1. The molecule has 0 spiro atoms. The van der Waals surface area contributed by atoms with Crippen LogP contribution >= 0.6 is 12.2 Å². The Bertz CT molecular complexity index is 158. The van der Waals surface area contributed by atoms with Crippen molar-refractivity contribution >= 4 is 23.5 Å². The highest BCUT2D eigenvalue weighted by molar-refractivity contribution is 7.79. The zero-order valence-corrected chi connectivity index (χ0v) is 4.90. The normalized spacial score (nSPS) is 8.50. The molecule has 8 heavy (non-hydrogen) atoms. The van der Waals surface area contributed by atoms with E-state index in [9.17, 15) is 0 Å². The van der Waals surface area contributed by atoms with Gasteiger partial charge in [-0.15, -0.1) is 0 Å². The molecular weight excluding hydrogens is 122 g/mol. The maximum atomic E-state index is 4.51. The number of hydrogen-bond acceptors (Lipinski definition) is 2. The van der Waals surface area contributed by atoms with E-state index in [0.29, 0.717) is 0 Å². The van der Waals surface area contributed by atoms with Gasteiger partial charge in [-0.05, 0) is 0 Å². The molecule has 0 aliphatic carbocycles. The van der Waals surface area contributed by atoms with Gasteiger partial charge in [-0.1, -0.05) is 12.2 Å². The van der Waals surface area contributed by atoms with E-state index in [1.165, 1.54) is 5.49 Å². The predicted octanol–water partition coefficient (Wildman–Crippen LogP) is 0.779. The fourth-order valence-electron chi connectivity index (χ4n) is 0.401. The van der Waals surface area contributed by atoms with Gasteiger partial charge in [0.2, 0.25) is 0 Å². The van der Waals surface area contributed by atoms with Crippen molar-refractivity contribution in [3.63, 3.8) is 0 Å². The van der Waals surface area contributed by atoms with E-state index in [0.717, 1.165) is 5.82 Å². The Hall–Kier alpha value is -0.900. The van der Waals surface area contributed by atoms with Crippen LogP contribution in [0.3, 0.4) is 0 Å². The molecule has 0 aromatic carbocycles. The van der Waals surface area contributed by atoms with Gasteiger partial charge >= 0.3 is 0 Å². The predicted molar refractivity (Wildman–Crippen MR) is 35.9 cm³/mol. The van der Waals surface area contributed by atoms with Crippen LogP contribution in [0, 0.1) is 0 Å². The summed E-state index contributed by atoms with van der Waals surface area (Å²) in [4.78, 5) is 0. The standard InChI is InChI=1S/C4H5N3S/c8-3-5-4-1-2-6-7-4/h1-3H,(H2,5,6,7,8). The van der Waals surface area contributed by atoms with Crippen LogP contribution in [0.5, 0.6) is 0 Å². The van der Waals surface area contributed by atoms with Gasteiger partial charge in [-0.2, -0.15) is 5.10 Å². The Balaban J connectivity index is 2.62. The lowest BCUT2D eigenvalue weighted by molar-refractivity contribution is 1.10. The van der Waals surface area contributed by atoms with Gasteiger partial charge in [0, 0.05) is 12.3 Å². The average Bonchev–Trinajstić information content (AvgIpc) is 2.19. The molecular formula is C4H5N3S. The molecule has 4 heteroatoms.